The molecule has 0 saturated heterocycles. The van der Waals surface area contributed by atoms with Gasteiger partial charge in [-0.25, -0.2) is 0 Å². The molecule has 3 aliphatic rings. The number of nitrogens with zero attached hydrogens (tertiary/aromatic N) is 1. The Morgan fingerprint density at radius 3 is 2.23 bits per heavy atom. The van der Waals surface area contributed by atoms with Gasteiger partial charge in [0.2, 0.25) is 11.7 Å². The lowest BCUT2D eigenvalue weighted by molar-refractivity contribution is -0.162. The smallest absolute Gasteiger partial charge is 0.255 e. The van der Waals surface area contributed by atoms with Crippen LogP contribution >= 0.6 is 32.9 Å². The number of aliphatic hydroxyl groups is 4. The summed E-state index contributed by atoms with van der Waals surface area (Å²) in [6, 6.07) is 1.56. The zero-order valence-electron chi connectivity index (χ0n) is 22.2. The van der Waals surface area contributed by atoms with Crippen molar-refractivity contribution in [1.29, 1.82) is 0 Å². The summed E-state index contributed by atoms with van der Waals surface area (Å²) in [4.78, 5) is 53.2. The molecule has 218 valence electrons. The Bertz CT molecular complexity index is 1400. The van der Waals surface area contributed by atoms with Gasteiger partial charge in [-0.2, -0.15) is 0 Å². The molecule has 4 rings (SSSR count). The van der Waals surface area contributed by atoms with Gasteiger partial charge in [0.25, 0.3) is 5.91 Å². The molecule has 8 N–H and O–H groups in total. The second kappa shape index (κ2) is 10.2. The minimum atomic E-state index is -2.99. The predicted molar refractivity (Wildman–Crippen MR) is 152 cm³/mol. The Hall–Kier alpha value is -2.78. The first-order chi connectivity index (χ1) is 17.9. The number of alkyl halides is 1. The van der Waals surface area contributed by atoms with Crippen LogP contribution in [0.2, 0.25) is 0 Å². The van der Waals surface area contributed by atoms with Crippen molar-refractivity contribution in [2.24, 2.45) is 17.6 Å². The van der Waals surface area contributed by atoms with Crippen LogP contribution in [0.15, 0.2) is 34.8 Å². The van der Waals surface area contributed by atoms with Crippen LogP contribution in [-0.2, 0) is 14.4 Å². The number of benzene rings is 1. The number of fused-ring (bicyclic) bond motifs is 3. The summed E-state index contributed by atoms with van der Waals surface area (Å²) in [6.07, 6.45) is -1.68. The highest BCUT2D eigenvalue weighted by molar-refractivity contribution is 9.10. The van der Waals surface area contributed by atoms with Crippen LogP contribution in [-0.4, -0.2) is 90.0 Å². The Morgan fingerprint density at radius 1 is 1.15 bits per heavy atom. The second-order valence-electron chi connectivity index (χ2n) is 10.9. The van der Waals surface area contributed by atoms with Crippen molar-refractivity contribution in [2.45, 2.75) is 48.8 Å². The van der Waals surface area contributed by atoms with Crippen molar-refractivity contribution >= 4 is 62.0 Å². The van der Waals surface area contributed by atoms with Gasteiger partial charge in [0, 0.05) is 11.5 Å². The predicted octanol–water partition coefficient (Wildman–Crippen LogP) is 1.34. The number of anilines is 1. The number of nitrogens with one attached hydrogen (secondary N) is 1. The average Bonchev–Trinajstić information content (AvgIpc) is 2.81. The number of phenols is 1. The van der Waals surface area contributed by atoms with Crippen LogP contribution < -0.4 is 11.1 Å². The lowest BCUT2D eigenvalue weighted by Crippen LogP contribution is -2.68. The molecular formula is C26H31Br2N3O9. The third-order valence-electron chi connectivity index (χ3n) is 7.92. The number of ketones is 2. The highest BCUT2D eigenvalue weighted by Gasteiger charge is 2.67. The Labute approximate surface area is 248 Å². The average molecular weight is 689 g/mol. The van der Waals surface area contributed by atoms with Crippen LogP contribution in [0.5, 0.6) is 5.75 Å². The number of primary amides is 1. The fourth-order valence-corrected chi connectivity index (χ4v) is 6.09. The summed E-state index contributed by atoms with van der Waals surface area (Å²) < 4.78 is -1.01. The van der Waals surface area contributed by atoms with Gasteiger partial charge in [0.15, 0.2) is 17.1 Å². The van der Waals surface area contributed by atoms with Crippen molar-refractivity contribution in [3.63, 3.8) is 0 Å². The van der Waals surface area contributed by atoms with E-state index < -0.39 is 91.6 Å². The molecule has 6 atom stereocenters. The van der Waals surface area contributed by atoms with Crippen molar-refractivity contribution in [3.8, 4) is 5.75 Å². The first-order valence-corrected chi connectivity index (χ1v) is 12.9. The molecule has 0 spiro atoms. The standard InChI is InChI=1S/C26H30BrN3O9.BrH/c1-8-9-6-7-10(29-24(38)25(2,3)27)17(31)12(9)18(32)13-11(8)19(33)15-16(30(4)5)20(34)14(23(28)37)22(36)26(15,39)21(13)35;/h6-8,11,15-16,19,31,33-35,39H,1-5H3,(H2,28,37)(H,29,38);1H/t8?,11?,15?,16-,19?,26?;/m0./s1. The van der Waals surface area contributed by atoms with E-state index in [1.807, 2.05) is 0 Å². The SMILES string of the molecule is Br.CC1c2ccc(NC(=O)C(C)(C)Br)c(O)c2C(=O)C2=C(O)C3(O)C(=O)C(C(N)=O)=C(O)[C@@H](N(C)C)C3C(O)C21. The molecule has 0 radical (unpaired) electrons. The van der Waals surface area contributed by atoms with E-state index in [1.165, 1.54) is 31.1 Å². The van der Waals surface area contributed by atoms with Crippen LogP contribution in [0, 0.1) is 11.8 Å². The number of aliphatic hydroxyl groups excluding tert-OH is 3. The van der Waals surface area contributed by atoms with Gasteiger partial charge in [-0.1, -0.05) is 28.9 Å². The Balaban J connectivity index is 0.00000441. The van der Waals surface area contributed by atoms with Crippen LogP contribution in [0.4, 0.5) is 5.69 Å². The lowest BCUT2D eigenvalue weighted by Gasteiger charge is -2.53. The molecule has 0 bridgehead atoms. The zero-order valence-corrected chi connectivity index (χ0v) is 25.5. The van der Waals surface area contributed by atoms with Gasteiger partial charge >= 0.3 is 0 Å². The maximum absolute atomic E-state index is 13.8. The molecule has 1 aromatic rings. The number of hydrogen-bond acceptors (Lipinski definition) is 10. The fourth-order valence-electron chi connectivity index (χ4n) is 5.99. The molecule has 12 nitrogen and oxygen atoms in total. The van der Waals surface area contributed by atoms with Crippen molar-refractivity contribution in [3.05, 3.63) is 45.9 Å². The molecule has 2 amide bonds. The quantitative estimate of drug-likeness (QED) is 0.137. The summed E-state index contributed by atoms with van der Waals surface area (Å²) in [7, 11) is 2.93. The molecule has 0 aliphatic heterocycles. The van der Waals surface area contributed by atoms with Gasteiger partial charge in [-0.3, -0.25) is 24.1 Å². The number of Topliss-reactive ketones (excluding diaryl/α,β-unsaturated/α-hetero) is 2. The molecule has 5 unspecified atom stereocenters. The van der Waals surface area contributed by atoms with Gasteiger partial charge in [0.1, 0.15) is 17.1 Å². The highest BCUT2D eigenvalue weighted by Crippen LogP contribution is 2.56. The third-order valence-corrected chi connectivity index (χ3v) is 8.28. The Morgan fingerprint density at radius 2 is 1.73 bits per heavy atom. The van der Waals surface area contributed by atoms with Gasteiger partial charge in [-0.15, -0.1) is 17.0 Å². The molecule has 3 aliphatic carbocycles. The normalized spacial score (nSPS) is 29.9. The third kappa shape index (κ3) is 4.28. The number of amides is 2. The number of likely N-dealkylation sites (N-methyl/N-ethyl adjacent to an activating group) is 1. The molecule has 0 saturated carbocycles. The first kappa shape index (κ1) is 31.7. The van der Waals surface area contributed by atoms with Crippen molar-refractivity contribution in [1.82, 2.24) is 4.90 Å². The monoisotopic (exact) mass is 687 g/mol. The Kier molecular flexibility index (Phi) is 8.13. The number of hydrogen-bond donors (Lipinski definition) is 7. The zero-order chi connectivity index (χ0) is 29.5. The number of halogens is 2. The largest absolute Gasteiger partial charge is 0.510 e. The van der Waals surface area contributed by atoms with Crippen LogP contribution in [0.3, 0.4) is 0 Å². The van der Waals surface area contributed by atoms with Crippen LogP contribution in [0.25, 0.3) is 0 Å². The molecular weight excluding hydrogens is 658 g/mol. The lowest BCUT2D eigenvalue weighted by atomic mass is 9.55. The first-order valence-electron chi connectivity index (χ1n) is 12.1. The summed E-state index contributed by atoms with van der Waals surface area (Å²) in [5.41, 5.74) is 0.733. The van der Waals surface area contributed by atoms with Crippen LogP contribution in [0.1, 0.15) is 42.6 Å². The maximum Gasteiger partial charge on any atom is 0.255 e. The highest BCUT2D eigenvalue weighted by atomic mass is 79.9. The molecule has 40 heavy (non-hydrogen) atoms. The van der Waals surface area contributed by atoms with E-state index in [1.54, 1.807) is 20.8 Å². The summed E-state index contributed by atoms with van der Waals surface area (Å²) in [5.74, 6) is -10.3. The van der Waals surface area contributed by atoms with Gasteiger partial charge in [0.05, 0.1) is 33.6 Å². The minimum Gasteiger partial charge on any atom is -0.510 e. The number of carbonyl (C=O) groups excluding carboxylic acids is 4. The maximum atomic E-state index is 13.8. The summed E-state index contributed by atoms with van der Waals surface area (Å²) in [6.45, 7) is 4.78. The second-order valence-corrected chi connectivity index (χ2v) is 12.9. The minimum absolute atomic E-state index is 0. The number of phenolic OH excluding ortho intramolecular Hbond substituents is 1. The van der Waals surface area contributed by atoms with E-state index in [4.69, 9.17) is 5.73 Å². The van der Waals surface area contributed by atoms with E-state index in [-0.39, 0.29) is 28.2 Å². The summed E-state index contributed by atoms with van der Waals surface area (Å²) >= 11 is 3.21. The van der Waals surface area contributed by atoms with Crippen molar-refractivity contribution in [2.75, 3.05) is 19.4 Å². The number of rotatable bonds is 4. The van der Waals surface area contributed by atoms with E-state index in [2.05, 4.69) is 21.2 Å². The molecule has 0 aromatic heterocycles. The molecule has 0 fully saturated rings. The number of carbonyl (C=O) groups is 4. The molecule has 1 aromatic carbocycles. The molecule has 14 heteroatoms. The van der Waals surface area contributed by atoms with Gasteiger partial charge < -0.3 is 36.6 Å². The van der Waals surface area contributed by atoms with E-state index in [9.17, 15) is 44.7 Å². The number of nitrogens with two attached hydrogens (primary N) is 1. The fraction of sp³-hybridized carbons (Fsp3) is 0.462. The van der Waals surface area contributed by atoms with E-state index >= 15 is 0 Å². The van der Waals surface area contributed by atoms with Gasteiger partial charge in [-0.05, 0) is 45.5 Å². The van der Waals surface area contributed by atoms with Crippen molar-refractivity contribution < 1.29 is 44.7 Å². The molecule has 0 heterocycles. The number of aromatic hydroxyl groups is 1. The van der Waals surface area contributed by atoms with E-state index in [0.29, 0.717) is 5.56 Å². The topological polar surface area (TPSA) is 211 Å². The van der Waals surface area contributed by atoms with E-state index in [0.717, 1.165) is 0 Å². The summed E-state index contributed by atoms with van der Waals surface area (Å²) in [5, 5.41) is 59.1.